The summed E-state index contributed by atoms with van der Waals surface area (Å²) in [6, 6.07) is -0.196. The molecule has 0 saturated heterocycles. The van der Waals surface area contributed by atoms with Crippen LogP contribution < -0.4 is 5.73 Å². The first kappa shape index (κ1) is 9.19. The van der Waals surface area contributed by atoms with E-state index in [1.54, 1.807) is 6.92 Å². The molecule has 0 radical (unpaired) electrons. The largest absolute Gasteiger partial charge is 0.338 e. The predicted molar refractivity (Wildman–Crippen MR) is 45.4 cm³/mol. The van der Waals surface area contributed by atoms with Crippen molar-refractivity contribution in [2.45, 2.75) is 33.7 Å². The molecule has 0 aliphatic heterocycles. The maximum atomic E-state index is 5.89. The standard InChI is InChI=1S/C8H15N3O/c1-5-10-7(12-11-5)6(9)8(2,3)4/h6H,9H2,1-4H3/t6-/m1/s1. The highest BCUT2D eigenvalue weighted by Gasteiger charge is 2.26. The van der Waals surface area contributed by atoms with E-state index in [4.69, 9.17) is 10.3 Å². The van der Waals surface area contributed by atoms with Crippen molar-refractivity contribution < 1.29 is 4.52 Å². The number of hydrogen-bond donors (Lipinski definition) is 1. The number of nitrogens with two attached hydrogens (primary N) is 1. The molecule has 4 nitrogen and oxygen atoms in total. The summed E-state index contributed by atoms with van der Waals surface area (Å²) in [6.07, 6.45) is 0. The van der Waals surface area contributed by atoms with Crippen molar-refractivity contribution in [3.63, 3.8) is 0 Å². The lowest BCUT2D eigenvalue weighted by Gasteiger charge is -2.23. The minimum atomic E-state index is -0.196. The van der Waals surface area contributed by atoms with Crippen LogP contribution >= 0.6 is 0 Å². The summed E-state index contributed by atoms with van der Waals surface area (Å²) >= 11 is 0. The molecule has 0 spiro atoms. The quantitative estimate of drug-likeness (QED) is 0.690. The second kappa shape index (κ2) is 2.86. The van der Waals surface area contributed by atoms with E-state index in [9.17, 15) is 0 Å². The van der Waals surface area contributed by atoms with Crippen molar-refractivity contribution in [3.05, 3.63) is 11.7 Å². The lowest BCUT2D eigenvalue weighted by atomic mass is 9.87. The van der Waals surface area contributed by atoms with Crippen molar-refractivity contribution >= 4 is 0 Å². The average Bonchev–Trinajstić information content (AvgIpc) is 2.32. The fraction of sp³-hybridized carbons (Fsp3) is 0.750. The van der Waals surface area contributed by atoms with Crippen molar-refractivity contribution in [1.82, 2.24) is 10.1 Å². The number of nitrogens with zero attached hydrogens (tertiary/aromatic N) is 2. The van der Waals surface area contributed by atoms with E-state index < -0.39 is 0 Å². The molecule has 0 aromatic carbocycles. The van der Waals surface area contributed by atoms with Crippen LogP contribution in [-0.2, 0) is 0 Å². The van der Waals surface area contributed by atoms with Crippen LogP contribution in [0.15, 0.2) is 4.52 Å². The minimum absolute atomic E-state index is 0.0427. The van der Waals surface area contributed by atoms with Gasteiger partial charge in [0.1, 0.15) is 0 Å². The predicted octanol–water partition coefficient (Wildman–Crippen LogP) is 1.42. The zero-order chi connectivity index (χ0) is 9.35. The molecule has 1 rings (SSSR count). The first-order chi connectivity index (χ1) is 5.41. The Hall–Kier alpha value is -0.900. The number of rotatable bonds is 1. The number of hydrogen-bond acceptors (Lipinski definition) is 4. The Morgan fingerprint density at radius 2 is 2.00 bits per heavy atom. The normalized spacial score (nSPS) is 14.8. The van der Waals surface area contributed by atoms with Gasteiger partial charge in [-0.15, -0.1) is 0 Å². The highest BCUT2D eigenvalue weighted by molar-refractivity contribution is 4.95. The second-order valence-electron chi connectivity index (χ2n) is 4.02. The van der Waals surface area contributed by atoms with Gasteiger partial charge in [0.25, 0.3) is 0 Å². The summed E-state index contributed by atoms with van der Waals surface area (Å²) in [5, 5.41) is 3.69. The fourth-order valence-electron chi connectivity index (χ4n) is 0.810. The molecule has 4 heteroatoms. The first-order valence-electron chi connectivity index (χ1n) is 3.97. The summed E-state index contributed by atoms with van der Waals surface area (Å²) in [5.74, 6) is 1.14. The fourth-order valence-corrected chi connectivity index (χ4v) is 0.810. The van der Waals surface area contributed by atoms with Gasteiger partial charge in [-0.25, -0.2) is 0 Å². The molecule has 1 heterocycles. The van der Waals surface area contributed by atoms with Crippen molar-refractivity contribution in [2.75, 3.05) is 0 Å². The highest BCUT2D eigenvalue weighted by atomic mass is 16.5. The first-order valence-corrected chi connectivity index (χ1v) is 3.97. The molecule has 0 amide bonds. The Labute approximate surface area is 72.1 Å². The summed E-state index contributed by atoms with van der Waals surface area (Å²) in [7, 11) is 0. The van der Waals surface area contributed by atoms with Gasteiger partial charge in [0.2, 0.25) is 5.89 Å². The van der Waals surface area contributed by atoms with Crippen LogP contribution in [0.5, 0.6) is 0 Å². The summed E-state index contributed by atoms with van der Waals surface area (Å²) < 4.78 is 4.97. The lowest BCUT2D eigenvalue weighted by molar-refractivity contribution is 0.252. The smallest absolute Gasteiger partial charge is 0.244 e. The Morgan fingerprint density at radius 3 is 2.33 bits per heavy atom. The zero-order valence-electron chi connectivity index (χ0n) is 7.96. The van der Waals surface area contributed by atoms with Gasteiger partial charge < -0.3 is 10.3 Å². The van der Waals surface area contributed by atoms with Crippen molar-refractivity contribution in [3.8, 4) is 0 Å². The van der Waals surface area contributed by atoms with E-state index in [1.165, 1.54) is 0 Å². The van der Waals surface area contributed by atoms with Crippen molar-refractivity contribution in [2.24, 2.45) is 11.1 Å². The monoisotopic (exact) mass is 169 g/mol. The third-order valence-electron chi connectivity index (χ3n) is 1.74. The van der Waals surface area contributed by atoms with Crippen LogP contribution in [0.1, 0.15) is 38.5 Å². The third kappa shape index (κ3) is 1.82. The van der Waals surface area contributed by atoms with Gasteiger partial charge in [-0.2, -0.15) is 4.98 Å². The van der Waals surface area contributed by atoms with Gasteiger partial charge in [-0.1, -0.05) is 25.9 Å². The summed E-state index contributed by atoms with van der Waals surface area (Å²) in [4.78, 5) is 4.07. The second-order valence-corrected chi connectivity index (χ2v) is 4.02. The van der Waals surface area contributed by atoms with Gasteiger partial charge >= 0.3 is 0 Å². The van der Waals surface area contributed by atoms with Crippen LogP contribution in [0.3, 0.4) is 0 Å². The molecular weight excluding hydrogens is 154 g/mol. The summed E-state index contributed by atoms with van der Waals surface area (Å²) in [5.41, 5.74) is 5.85. The Morgan fingerprint density at radius 1 is 1.42 bits per heavy atom. The minimum Gasteiger partial charge on any atom is -0.338 e. The molecule has 0 saturated carbocycles. The van der Waals surface area contributed by atoms with E-state index in [0.717, 1.165) is 0 Å². The molecule has 1 aromatic heterocycles. The van der Waals surface area contributed by atoms with Gasteiger partial charge in [0, 0.05) is 0 Å². The topological polar surface area (TPSA) is 64.9 Å². The maximum absolute atomic E-state index is 5.89. The van der Waals surface area contributed by atoms with E-state index in [2.05, 4.69) is 10.1 Å². The SMILES string of the molecule is Cc1noc([C@@H](N)C(C)(C)C)n1. The highest BCUT2D eigenvalue weighted by Crippen LogP contribution is 2.28. The molecule has 0 fully saturated rings. The van der Waals surface area contributed by atoms with Crippen LogP contribution in [0.4, 0.5) is 0 Å². The number of aryl methyl sites for hydroxylation is 1. The molecule has 0 bridgehead atoms. The lowest BCUT2D eigenvalue weighted by Crippen LogP contribution is -2.26. The van der Waals surface area contributed by atoms with Crippen LogP contribution in [-0.4, -0.2) is 10.1 Å². The zero-order valence-corrected chi connectivity index (χ0v) is 7.96. The maximum Gasteiger partial charge on any atom is 0.244 e. The van der Waals surface area contributed by atoms with Gasteiger partial charge in [-0.05, 0) is 12.3 Å². The summed E-state index contributed by atoms with van der Waals surface area (Å²) in [6.45, 7) is 7.90. The molecule has 68 valence electrons. The Kier molecular flexibility index (Phi) is 2.19. The van der Waals surface area contributed by atoms with Gasteiger partial charge in [0.05, 0.1) is 6.04 Å². The van der Waals surface area contributed by atoms with Gasteiger partial charge in [0.15, 0.2) is 5.82 Å². The molecule has 2 N–H and O–H groups in total. The Bertz CT molecular complexity index is 262. The Balaban J connectivity index is 2.85. The molecule has 1 atom stereocenters. The number of aromatic nitrogens is 2. The van der Waals surface area contributed by atoms with Gasteiger partial charge in [-0.3, -0.25) is 0 Å². The van der Waals surface area contributed by atoms with Crippen molar-refractivity contribution in [1.29, 1.82) is 0 Å². The molecule has 0 aliphatic carbocycles. The molecule has 12 heavy (non-hydrogen) atoms. The van der Waals surface area contributed by atoms with E-state index in [-0.39, 0.29) is 11.5 Å². The molecular formula is C8H15N3O. The molecule has 1 aromatic rings. The van der Waals surface area contributed by atoms with E-state index in [0.29, 0.717) is 11.7 Å². The van der Waals surface area contributed by atoms with E-state index in [1.807, 2.05) is 20.8 Å². The third-order valence-corrected chi connectivity index (χ3v) is 1.74. The molecule has 0 aliphatic rings. The van der Waals surface area contributed by atoms with Crippen LogP contribution in [0, 0.1) is 12.3 Å². The van der Waals surface area contributed by atoms with E-state index >= 15 is 0 Å². The van der Waals surface area contributed by atoms with Crippen LogP contribution in [0.2, 0.25) is 0 Å². The van der Waals surface area contributed by atoms with Crippen LogP contribution in [0.25, 0.3) is 0 Å². The molecule has 0 unspecified atom stereocenters. The average molecular weight is 169 g/mol.